The second kappa shape index (κ2) is 6.66. The molecule has 2 N–H and O–H groups in total. The molecule has 1 aromatic carbocycles. The van der Waals surface area contributed by atoms with Crippen molar-refractivity contribution in [2.24, 2.45) is 11.7 Å². The maximum atomic E-state index is 12.7. The SMILES string of the molecule is COc1cc(C(=O)N2CC(CN)CC2C)cc(OC)c1Br. The molecule has 1 aliphatic rings. The van der Waals surface area contributed by atoms with Crippen molar-refractivity contribution in [3.8, 4) is 11.5 Å². The Kier molecular flexibility index (Phi) is 5.11. The fourth-order valence-corrected chi connectivity index (χ4v) is 3.31. The van der Waals surface area contributed by atoms with Crippen LogP contribution in [0.15, 0.2) is 16.6 Å². The molecule has 6 heteroatoms. The van der Waals surface area contributed by atoms with Gasteiger partial charge in [-0.05, 0) is 53.9 Å². The minimum atomic E-state index is -0.0115. The highest BCUT2D eigenvalue weighted by atomic mass is 79.9. The van der Waals surface area contributed by atoms with Crippen LogP contribution in [0, 0.1) is 5.92 Å². The summed E-state index contributed by atoms with van der Waals surface area (Å²) in [5.74, 6) is 1.53. The summed E-state index contributed by atoms with van der Waals surface area (Å²) in [6.07, 6.45) is 0.951. The van der Waals surface area contributed by atoms with E-state index in [2.05, 4.69) is 22.9 Å². The van der Waals surface area contributed by atoms with Gasteiger partial charge in [0.2, 0.25) is 0 Å². The molecule has 1 aromatic rings. The summed E-state index contributed by atoms with van der Waals surface area (Å²) in [5.41, 5.74) is 6.29. The van der Waals surface area contributed by atoms with Crippen molar-refractivity contribution in [1.29, 1.82) is 0 Å². The molecular formula is C15H21BrN2O3. The number of amides is 1. The smallest absolute Gasteiger partial charge is 0.254 e. The molecule has 1 fully saturated rings. The average Bonchev–Trinajstić information content (AvgIpc) is 2.87. The summed E-state index contributed by atoms with van der Waals surface area (Å²) in [6, 6.07) is 3.67. The highest BCUT2D eigenvalue weighted by molar-refractivity contribution is 9.10. The number of carbonyl (C=O) groups is 1. The number of likely N-dealkylation sites (tertiary alicyclic amines) is 1. The molecule has 2 rings (SSSR count). The van der Waals surface area contributed by atoms with Gasteiger partial charge in [0, 0.05) is 18.2 Å². The van der Waals surface area contributed by atoms with Crippen molar-refractivity contribution >= 4 is 21.8 Å². The van der Waals surface area contributed by atoms with Crippen LogP contribution in [0.2, 0.25) is 0 Å². The highest BCUT2D eigenvalue weighted by Gasteiger charge is 2.32. The number of hydrogen-bond donors (Lipinski definition) is 1. The lowest BCUT2D eigenvalue weighted by Crippen LogP contribution is -2.34. The van der Waals surface area contributed by atoms with Gasteiger partial charge in [0.1, 0.15) is 16.0 Å². The molecule has 0 aromatic heterocycles. The van der Waals surface area contributed by atoms with Crippen LogP contribution in [-0.2, 0) is 0 Å². The van der Waals surface area contributed by atoms with Gasteiger partial charge in [0.25, 0.3) is 5.91 Å². The van der Waals surface area contributed by atoms with Gasteiger partial charge < -0.3 is 20.1 Å². The Morgan fingerprint density at radius 2 is 1.95 bits per heavy atom. The molecule has 0 spiro atoms. The van der Waals surface area contributed by atoms with E-state index < -0.39 is 0 Å². The van der Waals surface area contributed by atoms with Gasteiger partial charge in [-0.1, -0.05) is 0 Å². The minimum Gasteiger partial charge on any atom is -0.495 e. The molecule has 0 bridgehead atoms. The van der Waals surface area contributed by atoms with E-state index in [9.17, 15) is 4.79 Å². The lowest BCUT2D eigenvalue weighted by Gasteiger charge is -2.22. The zero-order valence-corrected chi connectivity index (χ0v) is 14.1. The standard InChI is InChI=1S/C15H21BrN2O3/c1-9-4-10(7-17)8-18(9)15(19)11-5-12(20-2)14(16)13(6-11)21-3/h5-6,9-10H,4,7-8,17H2,1-3H3. The second-order valence-corrected chi connectivity index (χ2v) is 6.13. The molecule has 1 aliphatic heterocycles. The monoisotopic (exact) mass is 356 g/mol. The van der Waals surface area contributed by atoms with Crippen molar-refractivity contribution in [3.05, 3.63) is 22.2 Å². The maximum absolute atomic E-state index is 12.7. The van der Waals surface area contributed by atoms with Crippen LogP contribution in [0.1, 0.15) is 23.7 Å². The molecule has 21 heavy (non-hydrogen) atoms. The maximum Gasteiger partial charge on any atom is 0.254 e. The summed E-state index contributed by atoms with van der Waals surface area (Å²) < 4.78 is 11.3. The first kappa shape index (κ1) is 16.1. The Bertz CT molecular complexity index is 511. The number of halogens is 1. The van der Waals surface area contributed by atoms with Crippen LogP contribution in [0.4, 0.5) is 0 Å². The second-order valence-electron chi connectivity index (χ2n) is 5.34. The lowest BCUT2D eigenvalue weighted by molar-refractivity contribution is 0.0742. The van der Waals surface area contributed by atoms with Gasteiger partial charge in [-0.25, -0.2) is 0 Å². The Morgan fingerprint density at radius 1 is 1.38 bits per heavy atom. The van der Waals surface area contributed by atoms with Crippen LogP contribution >= 0.6 is 15.9 Å². The molecule has 1 amide bonds. The van der Waals surface area contributed by atoms with Crippen LogP contribution in [-0.4, -0.2) is 44.2 Å². The van der Waals surface area contributed by atoms with Gasteiger partial charge in [-0.2, -0.15) is 0 Å². The van der Waals surface area contributed by atoms with E-state index in [1.54, 1.807) is 26.4 Å². The summed E-state index contributed by atoms with van der Waals surface area (Å²) in [7, 11) is 3.13. The Balaban J connectivity index is 2.31. The van der Waals surface area contributed by atoms with Crippen LogP contribution in [0.25, 0.3) is 0 Å². The topological polar surface area (TPSA) is 64.8 Å². The summed E-state index contributed by atoms with van der Waals surface area (Å²) in [5, 5.41) is 0. The van der Waals surface area contributed by atoms with Gasteiger partial charge in [0.05, 0.1) is 14.2 Å². The van der Waals surface area contributed by atoms with Crippen LogP contribution < -0.4 is 15.2 Å². The zero-order valence-electron chi connectivity index (χ0n) is 12.6. The Labute approximate surface area is 133 Å². The summed E-state index contributed by atoms with van der Waals surface area (Å²) >= 11 is 3.41. The van der Waals surface area contributed by atoms with Crippen LogP contribution in [0.5, 0.6) is 11.5 Å². The molecule has 2 atom stereocenters. The number of rotatable bonds is 4. The van der Waals surface area contributed by atoms with E-state index in [0.29, 0.717) is 40.5 Å². The third-order valence-electron chi connectivity index (χ3n) is 3.95. The van der Waals surface area contributed by atoms with E-state index in [-0.39, 0.29) is 11.9 Å². The lowest BCUT2D eigenvalue weighted by atomic mass is 10.1. The Morgan fingerprint density at radius 3 is 2.38 bits per heavy atom. The molecular weight excluding hydrogens is 336 g/mol. The van der Waals surface area contributed by atoms with E-state index in [1.807, 2.05) is 4.90 Å². The summed E-state index contributed by atoms with van der Waals surface area (Å²) in [6.45, 7) is 3.37. The first-order chi connectivity index (χ1) is 10.0. The van der Waals surface area contributed by atoms with Crippen molar-refractivity contribution in [2.75, 3.05) is 27.3 Å². The first-order valence-corrected chi connectivity index (χ1v) is 7.73. The number of nitrogens with zero attached hydrogens (tertiary/aromatic N) is 1. The molecule has 0 radical (unpaired) electrons. The Hall–Kier alpha value is -1.27. The average molecular weight is 357 g/mol. The van der Waals surface area contributed by atoms with Gasteiger partial charge in [-0.3, -0.25) is 4.79 Å². The largest absolute Gasteiger partial charge is 0.495 e. The number of benzene rings is 1. The van der Waals surface area contributed by atoms with Crippen molar-refractivity contribution in [1.82, 2.24) is 4.90 Å². The highest BCUT2D eigenvalue weighted by Crippen LogP contribution is 2.36. The third kappa shape index (κ3) is 3.16. The predicted octanol–water partition coefficient (Wildman–Crippen LogP) is 2.28. The summed E-state index contributed by atoms with van der Waals surface area (Å²) in [4.78, 5) is 14.6. The molecule has 2 unspecified atom stereocenters. The first-order valence-electron chi connectivity index (χ1n) is 6.94. The molecule has 1 heterocycles. The molecule has 0 aliphatic carbocycles. The molecule has 116 valence electrons. The van der Waals surface area contributed by atoms with Crippen molar-refractivity contribution in [3.63, 3.8) is 0 Å². The van der Waals surface area contributed by atoms with Gasteiger partial charge in [-0.15, -0.1) is 0 Å². The van der Waals surface area contributed by atoms with E-state index in [4.69, 9.17) is 15.2 Å². The molecule has 5 nitrogen and oxygen atoms in total. The fraction of sp³-hybridized carbons (Fsp3) is 0.533. The molecule has 0 saturated carbocycles. The number of carbonyl (C=O) groups excluding carboxylic acids is 1. The van der Waals surface area contributed by atoms with E-state index in [0.717, 1.165) is 6.42 Å². The number of methoxy groups -OCH3 is 2. The van der Waals surface area contributed by atoms with E-state index in [1.165, 1.54) is 0 Å². The van der Waals surface area contributed by atoms with Gasteiger partial charge >= 0.3 is 0 Å². The number of hydrogen-bond acceptors (Lipinski definition) is 4. The predicted molar refractivity (Wildman–Crippen MR) is 84.9 cm³/mol. The normalized spacial score (nSPS) is 21.5. The van der Waals surface area contributed by atoms with Crippen LogP contribution in [0.3, 0.4) is 0 Å². The van der Waals surface area contributed by atoms with Crippen molar-refractivity contribution < 1.29 is 14.3 Å². The van der Waals surface area contributed by atoms with E-state index >= 15 is 0 Å². The third-order valence-corrected chi connectivity index (χ3v) is 4.73. The molecule has 1 saturated heterocycles. The number of nitrogens with two attached hydrogens (primary N) is 1. The minimum absolute atomic E-state index is 0.0115. The van der Waals surface area contributed by atoms with Crippen molar-refractivity contribution in [2.45, 2.75) is 19.4 Å². The quantitative estimate of drug-likeness (QED) is 0.898. The van der Waals surface area contributed by atoms with Gasteiger partial charge in [0.15, 0.2) is 0 Å². The number of ether oxygens (including phenoxy) is 2. The fourth-order valence-electron chi connectivity index (χ4n) is 2.75. The zero-order chi connectivity index (χ0) is 15.6.